The van der Waals surface area contributed by atoms with Crippen LogP contribution >= 0.6 is 11.3 Å². The number of carbonyl (C=O) groups is 3. The predicted octanol–water partition coefficient (Wildman–Crippen LogP) is 1.92. The van der Waals surface area contributed by atoms with Crippen LogP contribution in [0.3, 0.4) is 0 Å². The molecule has 0 fully saturated rings. The molecule has 2 amide bonds. The minimum absolute atomic E-state index is 0.0322. The summed E-state index contributed by atoms with van der Waals surface area (Å²) in [5.41, 5.74) is 1.23. The second-order valence-corrected chi connectivity index (χ2v) is 5.83. The zero-order chi connectivity index (χ0) is 17.4. The molecule has 8 heteroatoms. The van der Waals surface area contributed by atoms with E-state index >= 15 is 0 Å². The van der Waals surface area contributed by atoms with Crippen LogP contribution in [-0.2, 0) is 16.0 Å². The predicted molar refractivity (Wildman–Crippen MR) is 90.1 cm³/mol. The summed E-state index contributed by atoms with van der Waals surface area (Å²) < 4.78 is 0. The molecule has 126 valence electrons. The third-order valence-corrected chi connectivity index (χ3v) is 3.85. The van der Waals surface area contributed by atoms with Crippen molar-refractivity contribution in [1.29, 1.82) is 0 Å². The summed E-state index contributed by atoms with van der Waals surface area (Å²) in [6.07, 6.45) is 0.795. The number of nitrogens with zero attached hydrogens (tertiary/aromatic N) is 1. The van der Waals surface area contributed by atoms with Gasteiger partial charge < -0.3 is 15.7 Å². The number of carbonyl (C=O) groups excluding carboxylic acids is 2. The van der Waals surface area contributed by atoms with Crippen LogP contribution in [0.5, 0.6) is 0 Å². The Morgan fingerprint density at radius 3 is 2.58 bits per heavy atom. The van der Waals surface area contributed by atoms with E-state index in [1.54, 1.807) is 0 Å². The number of aromatic nitrogens is 1. The molecule has 2 rings (SSSR count). The highest BCUT2D eigenvalue weighted by Gasteiger charge is 2.12. The first-order valence-corrected chi connectivity index (χ1v) is 8.22. The molecule has 1 aromatic heterocycles. The maximum atomic E-state index is 11.9. The van der Waals surface area contributed by atoms with Crippen molar-refractivity contribution < 1.29 is 19.5 Å². The fourth-order valence-corrected chi connectivity index (χ4v) is 2.60. The Hall–Kier alpha value is -2.74. The lowest BCUT2D eigenvalue weighted by molar-refractivity contribution is -0.136. The van der Waals surface area contributed by atoms with Crippen LogP contribution in [0.2, 0.25) is 0 Å². The van der Waals surface area contributed by atoms with E-state index in [2.05, 4.69) is 15.6 Å². The fraction of sp³-hybridized carbons (Fsp3) is 0.250. The highest BCUT2D eigenvalue weighted by atomic mass is 32.1. The fourth-order valence-electron chi connectivity index (χ4n) is 1.89. The van der Waals surface area contributed by atoms with Gasteiger partial charge >= 0.3 is 5.97 Å². The van der Waals surface area contributed by atoms with Gasteiger partial charge in [-0.1, -0.05) is 30.3 Å². The second-order valence-electron chi connectivity index (χ2n) is 4.97. The summed E-state index contributed by atoms with van der Waals surface area (Å²) in [6, 6.07) is 9.67. The van der Waals surface area contributed by atoms with Crippen LogP contribution in [-0.4, -0.2) is 34.4 Å². The normalized spacial score (nSPS) is 10.2. The number of rotatable bonds is 8. The van der Waals surface area contributed by atoms with Crippen molar-refractivity contribution in [3.05, 3.63) is 47.0 Å². The van der Waals surface area contributed by atoms with Gasteiger partial charge in [0.2, 0.25) is 5.91 Å². The average molecular weight is 347 g/mol. The lowest BCUT2D eigenvalue weighted by atomic mass is 10.1. The number of carboxylic acid groups (broad SMARTS) is 1. The standard InChI is InChI=1S/C16H17N3O4S/c20-13(7-6-11-4-2-1-3-5-11)19-16-18-12(10-24-16)15(23)17-9-8-14(21)22/h1-5,10H,6-9H2,(H,17,23)(H,21,22)(H,18,19,20). The van der Waals surface area contributed by atoms with Crippen molar-refractivity contribution in [2.24, 2.45) is 0 Å². The van der Waals surface area contributed by atoms with Crippen LogP contribution in [0.15, 0.2) is 35.7 Å². The summed E-state index contributed by atoms with van der Waals surface area (Å²) in [5, 5.41) is 15.5. The van der Waals surface area contributed by atoms with Gasteiger partial charge in [-0.05, 0) is 12.0 Å². The molecule has 0 unspecified atom stereocenters. The molecule has 3 N–H and O–H groups in total. The number of amides is 2. The first-order valence-electron chi connectivity index (χ1n) is 7.34. The first kappa shape index (κ1) is 17.6. The maximum Gasteiger partial charge on any atom is 0.305 e. The van der Waals surface area contributed by atoms with Crippen molar-refractivity contribution in [2.75, 3.05) is 11.9 Å². The number of carboxylic acids is 1. The lowest BCUT2D eigenvalue weighted by Crippen LogP contribution is -2.26. The number of thiazole rings is 1. The van der Waals surface area contributed by atoms with Crippen molar-refractivity contribution in [1.82, 2.24) is 10.3 Å². The van der Waals surface area contributed by atoms with E-state index < -0.39 is 11.9 Å². The molecule has 0 spiro atoms. The number of nitrogens with one attached hydrogen (secondary N) is 2. The van der Waals surface area contributed by atoms with Gasteiger partial charge in [0.1, 0.15) is 5.69 Å². The Morgan fingerprint density at radius 1 is 1.12 bits per heavy atom. The molecule has 1 aromatic carbocycles. The molecular weight excluding hydrogens is 330 g/mol. The Kier molecular flexibility index (Phi) is 6.44. The zero-order valence-electron chi connectivity index (χ0n) is 12.8. The van der Waals surface area contributed by atoms with Gasteiger partial charge in [0.15, 0.2) is 5.13 Å². The van der Waals surface area contributed by atoms with Crippen molar-refractivity contribution in [3.63, 3.8) is 0 Å². The van der Waals surface area contributed by atoms with Crippen molar-refractivity contribution >= 4 is 34.3 Å². The van der Waals surface area contributed by atoms with Gasteiger partial charge in [-0.3, -0.25) is 14.4 Å². The van der Waals surface area contributed by atoms with Crippen LogP contribution in [0.1, 0.15) is 28.9 Å². The van der Waals surface area contributed by atoms with Crippen LogP contribution in [0.25, 0.3) is 0 Å². The van der Waals surface area contributed by atoms with Crippen molar-refractivity contribution in [2.45, 2.75) is 19.3 Å². The monoisotopic (exact) mass is 347 g/mol. The smallest absolute Gasteiger partial charge is 0.305 e. The van der Waals surface area contributed by atoms with Gasteiger partial charge in [-0.15, -0.1) is 11.3 Å². The van der Waals surface area contributed by atoms with E-state index in [9.17, 15) is 14.4 Å². The third-order valence-electron chi connectivity index (χ3n) is 3.09. The van der Waals surface area contributed by atoms with Gasteiger partial charge in [-0.25, -0.2) is 4.98 Å². The number of anilines is 1. The molecular formula is C16H17N3O4S. The van der Waals surface area contributed by atoms with E-state index in [0.717, 1.165) is 16.9 Å². The molecule has 0 aliphatic heterocycles. The lowest BCUT2D eigenvalue weighted by Gasteiger charge is -2.02. The molecule has 0 aliphatic carbocycles. The zero-order valence-corrected chi connectivity index (χ0v) is 13.6. The molecule has 7 nitrogen and oxygen atoms in total. The summed E-state index contributed by atoms with van der Waals surface area (Å²) in [4.78, 5) is 38.1. The summed E-state index contributed by atoms with van der Waals surface area (Å²) in [6.45, 7) is 0.0322. The topological polar surface area (TPSA) is 108 Å². The van der Waals surface area contributed by atoms with Gasteiger partial charge in [0.25, 0.3) is 5.91 Å². The van der Waals surface area contributed by atoms with E-state index in [1.165, 1.54) is 5.38 Å². The second kappa shape index (κ2) is 8.78. The average Bonchev–Trinajstić information content (AvgIpc) is 3.02. The van der Waals surface area contributed by atoms with Crippen molar-refractivity contribution in [3.8, 4) is 0 Å². The Labute approximate surface area is 142 Å². The Morgan fingerprint density at radius 2 is 1.88 bits per heavy atom. The molecule has 0 saturated carbocycles. The van der Waals surface area contributed by atoms with Gasteiger partial charge in [-0.2, -0.15) is 0 Å². The number of hydrogen-bond donors (Lipinski definition) is 3. The quantitative estimate of drug-likeness (QED) is 0.676. The SMILES string of the molecule is O=C(O)CCNC(=O)c1csc(NC(=O)CCc2ccccc2)n1. The number of aliphatic carboxylic acids is 1. The van der Waals surface area contributed by atoms with E-state index in [1.807, 2.05) is 30.3 Å². The third kappa shape index (κ3) is 5.81. The minimum atomic E-state index is -0.986. The van der Waals surface area contributed by atoms with E-state index in [-0.39, 0.29) is 24.6 Å². The van der Waals surface area contributed by atoms with E-state index in [0.29, 0.717) is 18.0 Å². The maximum absolute atomic E-state index is 11.9. The van der Waals surface area contributed by atoms with Gasteiger partial charge in [0, 0.05) is 18.3 Å². The summed E-state index contributed by atoms with van der Waals surface area (Å²) >= 11 is 1.15. The molecule has 0 radical (unpaired) electrons. The number of aryl methyl sites for hydroxylation is 1. The number of hydrogen-bond acceptors (Lipinski definition) is 5. The van der Waals surface area contributed by atoms with Crippen LogP contribution in [0.4, 0.5) is 5.13 Å². The molecule has 0 bridgehead atoms. The molecule has 2 aromatic rings. The summed E-state index contributed by atoms with van der Waals surface area (Å²) in [7, 11) is 0. The van der Waals surface area contributed by atoms with Gasteiger partial charge in [0.05, 0.1) is 6.42 Å². The molecule has 24 heavy (non-hydrogen) atoms. The molecule has 0 atom stereocenters. The molecule has 0 aliphatic rings. The highest BCUT2D eigenvalue weighted by Crippen LogP contribution is 2.16. The Bertz CT molecular complexity index is 715. The van der Waals surface area contributed by atoms with Crippen LogP contribution < -0.4 is 10.6 Å². The summed E-state index contributed by atoms with van der Waals surface area (Å²) in [5.74, 6) is -1.62. The molecule has 1 heterocycles. The van der Waals surface area contributed by atoms with Crippen LogP contribution in [0, 0.1) is 0 Å². The van der Waals surface area contributed by atoms with E-state index in [4.69, 9.17) is 5.11 Å². The number of benzene rings is 1. The minimum Gasteiger partial charge on any atom is -0.481 e. The highest BCUT2D eigenvalue weighted by molar-refractivity contribution is 7.14. The molecule has 0 saturated heterocycles. The first-order chi connectivity index (χ1) is 11.5. The largest absolute Gasteiger partial charge is 0.481 e. The Balaban J connectivity index is 1.79.